The largest absolute Gasteiger partial charge is 0.417 e. The van der Waals surface area contributed by atoms with Crippen molar-refractivity contribution in [3.63, 3.8) is 0 Å². The van der Waals surface area contributed by atoms with Crippen LogP contribution in [0.15, 0.2) is 27.4 Å². The number of hydrogen-bond acceptors (Lipinski definition) is 3. The highest BCUT2D eigenvalue weighted by molar-refractivity contribution is 5.97. The molecule has 0 fully saturated rings. The highest BCUT2D eigenvalue weighted by Gasteiger charge is 2.48. The van der Waals surface area contributed by atoms with Crippen molar-refractivity contribution in [1.82, 2.24) is 4.98 Å². The summed E-state index contributed by atoms with van der Waals surface area (Å²) in [5.74, 6) is -7.69. The number of halogens is 4. The Morgan fingerprint density at radius 3 is 2.68 bits per heavy atom. The Balaban J connectivity index is 2.26. The van der Waals surface area contributed by atoms with Gasteiger partial charge in [-0.3, -0.25) is 9.78 Å². The molecule has 19 heavy (non-hydrogen) atoms. The zero-order valence-electron chi connectivity index (χ0n) is 9.05. The standard InChI is InChI=1S/C10H6F4N2O3/c11-7(12)10(13,14)8(17)15-4-1-2-6-5(3-4)16-9(18)19-6/h1-3,7H,(H,15,17)(H,16,18). The van der Waals surface area contributed by atoms with Crippen LogP contribution in [0.3, 0.4) is 0 Å². The highest BCUT2D eigenvalue weighted by atomic mass is 19.3. The quantitative estimate of drug-likeness (QED) is 0.843. The maximum atomic E-state index is 12.7. The molecule has 102 valence electrons. The van der Waals surface area contributed by atoms with E-state index in [9.17, 15) is 27.2 Å². The second-order valence-electron chi connectivity index (χ2n) is 3.60. The van der Waals surface area contributed by atoms with Crippen LogP contribution >= 0.6 is 0 Å². The first kappa shape index (κ1) is 13.1. The van der Waals surface area contributed by atoms with Crippen LogP contribution in [0.2, 0.25) is 0 Å². The molecule has 1 heterocycles. The predicted molar refractivity (Wildman–Crippen MR) is 56.4 cm³/mol. The zero-order chi connectivity index (χ0) is 14.2. The molecule has 0 aliphatic carbocycles. The van der Waals surface area contributed by atoms with Gasteiger partial charge >= 0.3 is 24.0 Å². The molecule has 0 atom stereocenters. The summed E-state index contributed by atoms with van der Waals surface area (Å²) in [7, 11) is 0. The molecule has 1 aromatic carbocycles. The molecule has 5 nitrogen and oxygen atoms in total. The molecule has 1 amide bonds. The van der Waals surface area contributed by atoms with E-state index in [0.29, 0.717) is 0 Å². The van der Waals surface area contributed by atoms with Crippen LogP contribution in [0.1, 0.15) is 0 Å². The van der Waals surface area contributed by atoms with Crippen LogP contribution in [0.5, 0.6) is 0 Å². The number of oxazole rings is 1. The predicted octanol–water partition coefficient (Wildman–Crippen LogP) is 1.96. The topological polar surface area (TPSA) is 75.1 Å². The fraction of sp³-hybridized carbons (Fsp3) is 0.200. The van der Waals surface area contributed by atoms with Crippen molar-refractivity contribution in [1.29, 1.82) is 0 Å². The maximum absolute atomic E-state index is 12.7. The van der Waals surface area contributed by atoms with Crippen LogP contribution in [-0.2, 0) is 4.79 Å². The Hall–Kier alpha value is -2.32. The van der Waals surface area contributed by atoms with E-state index in [1.807, 2.05) is 0 Å². The second kappa shape index (κ2) is 4.41. The average Bonchev–Trinajstić information content (AvgIpc) is 2.68. The number of carbonyl (C=O) groups is 1. The van der Waals surface area contributed by atoms with Gasteiger partial charge in [-0.25, -0.2) is 13.6 Å². The molecule has 0 saturated carbocycles. The van der Waals surface area contributed by atoms with Gasteiger partial charge in [0.15, 0.2) is 5.58 Å². The smallest absolute Gasteiger partial charge is 0.408 e. The third kappa shape index (κ3) is 2.44. The average molecular weight is 278 g/mol. The Bertz CT molecular complexity index is 677. The number of alkyl halides is 4. The third-order valence-electron chi connectivity index (χ3n) is 2.25. The molecule has 0 bridgehead atoms. The van der Waals surface area contributed by atoms with Gasteiger partial charge in [-0.2, -0.15) is 8.78 Å². The summed E-state index contributed by atoms with van der Waals surface area (Å²) >= 11 is 0. The number of nitrogens with one attached hydrogen (secondary N) is 2. The molecule has 0 spiro atoms. The van der Waals surface area contributed by atoms with Gasteiger partial charge in [0.2, 0.25) is 0 Å². The number of carbonyl (C=O) groups excluding carboxylic acids is 1. The third-order valence-corrected chi connectivity index (χ3v) is 2.25. The van der Waals surface area contributed by atoms with Crippen LogP contribution in [0.4, 0.5) is 23.2 Å². The van der Waals surface area contributed by atoms with E-state index < -0.39 is 24.0 Å². The zero-order valence-corrected chi connectivity index (χ0v) is 9.05. The normalized spacial score (nSPS) is 12.1. The lowest BCUT2D eigenvalue weighted by atomic mass is 10.2. The van der Waals surface area contributed by atoms with Crippen LogP contribution < -0.4 is 11.1 Å². The van der Waals surface area contributed by atoms with Crippen molar-refractivity contribution < 1.29 is 26.8 Å². The number of H-pyrrole nitrogens is 1. The summed E-state index contributed by atoms with van der Waals surface area (Å²) in [6.45, 7) is 0. The van der Waals surface area contributed by atoms with Gasteiger partial charge in [0, 0.05) is 5.69 Å². The summed E-state index contributed by atoms with van der Waals surface area (Å²) < 4.78 is 53.9. The highest BCUT2D eigenvalue weighted by Crippen LogP contribution is 2.25. The van der Waals surface area contributed by atoms with Gasteiger partial charge in [0.25, 0.3) is 0 Å². The summed E-state index contributed by atoms with van der Waals surface area (Å²) in [6, 6.07) is 3.47. The van der Waals surface area contributed by atoms with Gasteiger partial charge in [0.05, 0.1) is 5.52 Å². The number of aromatic amines is 1. The monoisotopic (exact) mass is 278 g/mol. The number of anilines is 1. The molecule has 2 rings (SSSR count). The number of aromatic nitrogens is 1. The number of hydrogen-bond donors (Lipinski definition) is 2. The van der Waals surface area contributed by atoms with Gasteiger partial charge < -0.3 is 9.73 Å². The minimum absolute atomic E-state index is 0.142. The minimum atomic E-state index is -4.79. The lowest BCUT2D eigenvalue weighted by Crippen LogP contribution is -2.40. The molecule has 0 aliphatic rings. The van der Waals surface area contributed by atoms with E-state index in [1.54, 1.807) is 5.32 Å². The molecule has 1 aromatic heterocycles. The lowest BCUT2D eigenvalue weighted by Gasteiger charge is -2.14. The molecule has 2 aromatic rings. The molecule has 0 radical (unpaired) electrons. The van der Waals surface area contributed by atoms with Crippen molar-refractivity contribution in [2.24, 2.45) is 0 Å². The summed E-state index contributed by atoms with van der Waals surface area (Å²) in [5.41, 5.74) is 0.113. The van der Waals surface area contributed by atoms with Crippen molar-refractivity contribution in [2.75, 3.05) is 5.32 Å². The van der Waals surface area contributed by atoms with E-state index in [0.717, 1.165) is 12.1 Å². The Morgan fingerprint density at radius 1 is 1.37 bits per heavy atom. The molecule has 0 aliphatic heterocycles. The van der Waals surface area contributed by atoms with Gasteiger partial charge in [-0.05, 0) is 18.2 Å². The van der Waals surface area contributed by atoms with Crippen molar-refractivity contribution in [3.8, 4) is 0 Å². The number of rotatable bonds is 3. The summed E-state index contributed by atoms with van der Waals surface area (Å²) in [4.78, 5) is 24.0. The van der Waals surface area contributed by atoms with E-state index in [2.05, 4.69) is 9.40 Å². The number of benzene rings is 1. The first-order chi connectivity index (χ1) is 8.80. The Labute approximate surface area is 102 Å². The number of fused-ring (bicyclic) bond motifs is 1. The van der Waals surface area contributed by atoms with E-state index in [-0.39, 0.29) is 16.8 Å². The molecular formula is C10H6F4N2O3. The van der Waals surface area contributed by atoms with Crippen LogP contribution in [0.25, 0.3) is 11.1 Å². The van der Waals surface area contributed by atoms with Gasteiger partial charge in [0.1, 0.15) is 0 Å². The summed E-state index contributed by atoms with van der Waals surface area (Å²) in [6.07, 6.45) is -4.11. The van der Waals surface area contributed by atoms with Crippen LogP contribution in [0, 0.1) is 0 Å². The van der Waals surface area contributed by atoms with Crippen molar-refractivity contribution >= 4 is 22.7 Å². The first-order valence-corrected chi connectivity index (χ1v) is 4.91. The molecule has 0 saturated heterocycles. The Morgan fingerprint density at radius 2 is 2.05 bits per heavy atom. The van der Waals surface area contributed by atoms with Gasteiger partial charge in [-0.15, -0.1) is 0 Å². The molecule has 0 unspecified atom stereocenters. The number of amides is 1. The van der Waals surface area contributed by atoms with Crippen LogP contribution in [-0.4, -0.2) is 23.2 Å². The summed E-state index contributed by atoms with van der Waals surface area (Å²) in [5, 5.41) is 1.63. The van der Waals surface area contributed by atoms with Crippen molar-refractivity contribution in [3.05, 3.63) is 28.7 Å². The lowest BCUT2D eigenvalue weighted by molar-refractivity contribution is -0.163. The fourth-order valence-corrected chi connectivity index (χ4v) is 1.34. The van der Waals surface area contributed by atoms with E-state index in [1.165, 1.54) is 6.07 Å². The van der Waals surface area contributed by atoms with Crippen molar-refractivity contribution in [2.45, 2.75) is 12.3 Å². The molecule has 9 heteroatoms. The second-order valence-corrected chi connectivity index (χ2v) is 3.60. The SMILES string of the molecule is O=C(Nc1ccc2oc(=O)[nH]c2c1)C(F)(F)C(F)F. The maximum Gasteiger partial charge on any atom is 0.417 e. The molecular weight excluding hydrogens is 272 g/mol. The Kier molecular flexibility index (Phi) is 3.05. The first-order valence-electron chi connectivity index (χ1n) is 4.91. The van der Waals surface area contributed by atoms with E-state index in [4.69, 9.17) is 0 Å². The van der Waals surface area contributed by atoms with Gasteiger partial charge in [-0.1, -0.05) is 0 Å². The minimum Gasteiger partial charge on any atom is -0.408 e. The fourth-order valence-electron chi connectivity index (χ4n) is 1.34. The van der Waals surface area contributed by atoms with E-state index >= 15 is 0 Å². The molecule has 2 N–H and O–H groups in total.